The molecule has 2 N–H and O–H groups in total. The van der Waals surface area contributed by atoms with Crippen LogP contribution in [0, 0.1) is 11.8 Å². The zero-order valence-corrected chi connectivity index (χ0v) is 8.67. The summed E-state index contributed by atoms with van der Waals surface area (Å²) in [5.41, 5.74) is 7.03. The van der Waals surface area contributed by atoms with E-state index in [1.807, 2.05) is 0 Å². The molecule has 0 bridgehead atoms. The van der Waals surface area contributed by atoms with E-state index in [4.69, 9.17) is 10.8 Å². The van der Waals surface area contributed by atoms with Crippen molar-refractivity contribution in [3.63, 3.8) is 0 Å². The lowest BCUT2D eigenvalue weighted by Gasteiger charge is -2.26. The van der Waals surface area contributed by atoms with E-state index in [2.05, 4.69) is 0 Å². The smallest absolute Gasteiger partial charge is 0.306 e. The van der Waals surface area contributed by atoms with Crippen molar-refractivity contribution in [3.05, 3.63) is 0 Å². The number of hydrogen-bond donors (Lipinski definition) is 1. The first-order valence-corrected chi connectivity index (χ1v) is 5.61. The quantitative estimate of drug-likeness (QED) is 0.689. The lowest BCUT2D eigenvalue weighted by molar-refractivity contribution is -0.143. The summed E-state index contributed by atoms with van der Waals surface area (Å²) in [6.07, 6.45) is 7.19. The highest BCUT2D eigenvalue weighted by molar-refractivity contribution is 5.70. The molecule has 1 rings (SSSR count). The molecule has 0 aromatic heterocycles. The summed E-state index contributed by atoms with van der Waals surface area (Å²) < 4.78 is 0. The molecule has 0 saturated heterocycles. The molecule has 1 fully saturated rings. The largest absolute Gasteiger partial charge is 0.481 e. The van der Waals surface area contributed by atoms with Gasteiger partial charge in [-0.25, -0.2) is 0 Å². The number of rotatable bonds is 5. The summed E-state index contributed by atoms with van der Waals surface area (Å²) in [5, 5.41) is 8.90. The van der Waals surface area contributed by atoms with Gasteiger partial charge in [0.1, 0.15) is 0 Å². The minimum Gasteiger partial charge on any atom is -0.481 e. The van der Waals surface area contributed by atoms with Crippen LogP contribution >= 0.6 is 0 Å². The second kappa shape index (κ2) is 6.02. The molecule has 2 unspecified atom stereocenters. The van der Waals surface area contributed by atoms with Crippen LogP contribution in [0.1, 0.15) is 44.9 Å². The Morgan fingerprint density at radius 1 is 1.36 bits per heavy atom. The zero-order valence-electron chi connectivity index (χ0n) is 8.67. The normalized spacial score (nSPS) is 27.5. The molecule has 1 saturated carbocycles. The Morgan fingerprint density at radius 3 is 2.79 bits per heavy atom. The first kappa shape index (κ1) is 11.5. The van der Waals surface area contributed by atoms with Crippen LogP contribution in [0.4, 0.5) is 0 Å². The van der Waals surface area contributed by atoms with Crippen LogP contribution in [-0.2, 0) is 4.79 Å². The Hall–Kier alpha value is -0.570. The van der Waals surface area contributed by atoms with Gasteiger partial charge in [0.25, 0.3) is 0 Å². The molecule has 3 heteroatoms. The monoisotopic (exact) mass is 198 g/mol. The van der Waals surface area contributed by atoms with E-state index in [1.54, 1.807) is 0 Å². The molecule has 0 aromatic rings. The van der Waals surface area contributed by atoms with Crippen LogP contribution in [0.3, 0.4) is 0 Å². The molecule has 81 valence electrons. The number of carbonyl (C=O) groups is 1. The fourth-order valence-corrected chi connectivity index (χ4v) is 2.34. The predicted molar refractivity (Wildman–Crippen MR) is 54.9 cm³/mol. The Balaban J connectivity index is 2.22. The Bertz CT molecular complexity index is 182. The maximum atomic E-state index is 10.8. The van der Waals surface area contributed by atoms with Gasteiger partial charge in [0.15, 0.2) is 0 Å². The van der Waals surface area contributed by atoms with E-state index in [1.165, 1.54) is 6.42 Å². The van der Waals surface area contributed by atoms with Gasteiger partial charge < -0.3 is 5.11 Å². The third-order valence-corrected chi connectivity index (χ3v) is 3.17. The molecular weight excluding hydrogens is 178 g/mol. The minimum atomic E-state index is -0.616. The van der Waals surface area contributed by atoms with Crippen molar-refractivity contribution in [2.75, 3.05) is 6.54 Å². The standard InChI is InChI=1S/C11H20NO2/c12-7-2-1-4-9-5-3-6-10(8-9)11(13)14/h9-10,12H,1-8H2,(H,13,14). The van der Waals surface area contributed by atoms with Gasteiger partial charge in [-0.3, -0.25) is 10.5 Å². The third kappa shape index (κ3) is 3.66. The summed E-state index contributed by atoms with van der Waals surface area (Å²) >= 11 is 0. The van der Waals surface area contributed by atoms with Crippen LogP contribution in [0.15, 0.2) is 0 Å². The van der Waals surface area contributed by atoms with Crippen molar-refractivity contribution in [1.82, 2.24) is 5.73 Å². The van der Waals surface area contributed by atoms with E-state index >= 15 is 0 Å². The van der Waals surface area contributed by atoms with E-state index in [0.717, 1.165) is 38.5 Å². The molecule has 3 nitrogen and oxygen atoms in total. The Morgan fingerprint density at radius 2 is 2.14 bits per heavy atom. The van der Waals surface area contributed by atoms with Crippen molar-refractivity contribution in [2.45, 2.75) is 44.9 Å². The number of aliphatic carboxylic acids is 1. The molecule has 0 spiro atoms. The molecule has 2 atom stereocenters. The highest BCUT2D eigenvalue weighted by Gasteiger charge is 2.26. The van der Waals surface area contributed by atoms with Gasteiger partial charge in [-0.1, -0.05) is 25.7 Å². The fourth-order valence-electron chi connectivity index (χ4n) is 2.34. The first-order chi connectivity index (χ1) is 6.74. The molecule has 14 heavy (non-hydrogen) atoms. The van der Waals surface area contributed by atoms with Gasteiger partial charge >= 0.3 is 5.97 Å². The highest BCUT2D eigenvalue weighted by Crippen LogP contribution is 2.32. The summed E-state index contributed by atoms with van der Waals surface area (Å²) in [6, 6.07) is 0. The highest BCUT2D eigenvalue weighted by atomic mass is 16.4. The lowest BCUT2D eigenvalue weighted by Crippen LogP contribution is -2.22. The number of unbranched alkanes of at least 4 members (excludes halogenated alkanes) is 1. The number of carboxylic acids is 1. The molecule has 1 aliphatic carbocycles. The van der Waals surface area contributed by atoms with Gasteiger partial charge in [0.05, 0.1) is 5.92 Å². The van der Waals surface area contributed by atoms with Gasteiger partial charge in [-0.05, 0) is 25.2 Å². The van der Waals surface area contributed by atoms with E-state index in [0.29, 0.717) is 12.5 Å². The predicted octanol–water partition coefficient (Wildman–Crippen LogP) is 2.33. The topological polar surface area (TPSA) is 61.1 Å². The van der Waals surface area contributed by atoms with E-state index in [9.17, 15) is 4.79 Å². The summed E-state index contributed by atoms with van der Waals surface area (Å²) in [7, 11) is 0. The van der Waals surface area contributed by atoms with E-state index in [-0.39, 0.29) is 5.92 Å². The summed E-state index contributed by atoms with van der Waals surface area (Å²) in [4.78, 5) is 10.8. The van der Waals surface area contributed by atoms with Crippen LogP contribution < -0.4 is 5.73 Å². The van der Waals surface area contributed by atoms with Crippen LogP contribution in [-0.4, -0.2) is 17.6 Å². The summed E-state index contributed by atoms with van der Waals surface area (Å²) in [5.74, 6) is -0.101. The second-order valence-corrected chi connectivity index (χ2v) is 4.31. The van der Waals surface area contributed by atoms with Crippen molar-refractivity contribution >= 4 is 5.97 Å². The molecule has 0 aliphatic heterocycles. The van der Waals surface area contributed by atoms with Gasteiger partial charge in [0, 0.05) is 6.54 Å². The molecule has 1 radical (unpaired) electrons. The Kier molecular flexibility index (Phi) is 4.94. The van der Waals surface area contributed by atoms with Crippen LogP contribution in [0.5, 0.6) is 0 Å². The summed E-state index contributed by atoms with van der Waals surface area (Å²) in [6.45, 7) is 0.509. The average Bonchev–Trinajstić information content (AvgIpc) is 2.19. The fraction of sp³-hybridized carbons (Fsp3) is 0.909. The average molecular weight is 198 g/mol. The maximum absolute atomic E-state index is 10.8. The van der Waals surface area contributed by atoms with Crippen LogP contribution in [0.2, 0.25) is 0 Å². The molecule has 0 amide bonds. The molecule has 0 aromatic carbocycles. The van der Waals surface area contributed by atoms with Crippen LogP contribution in [0.25, 0.3) is 0 Å². The van der Waals surface area contributed by atoms with Crippen molar-refractivity contribution in [1.29, 1.82) is 0 Å². The maximum Gasteiger partial charge on any atom is 0.306 e. The van der Waals surface area contributed by atoms with Crippen molar-refractivity contribution in [2.24, 2.45) is 11.8 Å². The lowest BCUT2D eigenvalue weighted by atomic mass is 9.79. The van der Waals surface area contributed by atoms with Gasteiger partial charge in [-0.15, -0.1) is 0 Å². The zero-order chi connectivity index (χ0) is 10.4. The number of hydrogen-bond acceptors (Lipinski definition) is 1. The van der Waals surface area contributed by atoms with E-state index < -0.39 is 5.97 Å². The second-order valence-electron chi connectivity index (χ2n) is 4.31. The third-order valence-electron chi connectivity index (χ3n) is 3.17. The Labute approximate surface area is 85.7 Å². The van der Waals surface area contributed by atoms with Crippen molar-refractivity contribution in [3.8, 4) is 0 Å². The first-order valence-electron chi connectivity index (χ1n) is 5.61. The minimum absolute atomic E-state index is 0.0928. The van der Waals surface area contributed by atoms with Gasteiger partial charge in [0.2, 0.25) is 0 Å². The number of nitrogens with one attached hydrogen (secondary N) is 1. The SMILES string of the molecule is [NH]CCCCC1CCCC(C(=O)O)C1. The van der Waals surface area contributed by atoms with Crippen molar-refractivity contribution < 1.29 is 9.90 Å². The molecule has 0 heterocycles. The molecule has 1 aliphatic rings. The number of carboxylic acid groups (broad SMARTS) is 1. The van der Waals surface area contributed by atoms with Gasteiger partial charge in [-0.2, -0.15) is 0 Å². The molecular formula is C11H20NO2.